The Morgan fingerprint density at radius 3 is 2.66 bits per heavy atom. The molecule has 1 aromatic rings. The van der Waals surface area contributed by atoms with Gasteiger partial charge in [-0.2, -0.15) is 0 Å². The Labute approximate surface area is 192 Å². The smallest absolute Gasteiger partial charge is 0.342 e. The highest BCUT2D eigenvalue weighted by atomic mass is 79.9. The molecule has 2 heterocycles. The van der Waals surface area contributed by atoms with Gasteiger partial charge in [-0.25, -0.2) is 4.79 Å². The molecule has 0 amide bonds. The Hall–Kier alpha value is -2.26. The molecule has 0 N–H and O–H groups in total. The van der Waals surface area contributed by atoms with Gasteiger partial charge < -0.3 is 18.6 Å². The third-order valence-electron chi connectivity index (χ3n) is 7.69. The standard InChI is InChI=1S/C23H23BrO8/c1-9(25)31-13-6-22(2)11(5-12(24)20(22)27)15-17(13)23(3)14(8-29-4)32-21(28)10-7-30-19(16(10)23)18(15)26/h7,11-14H,5-6,8H2,1-4H3/t11-,12+,13+,14+,22-,23-/m0/s1. The largest absolute Gasteiger partial charge is 0.460 e. The van der Waals surface area contributed by atoms with Crippen LogP contribution in [0.25, 0.3) is 0 Å². The third kappa shape index (κ3) is 2.52. The summed E-state index contributed by atoms with van der Waals surface area (Å²) < 4.78 is 22.5. The minimum atomic E-state index is -1.01. The summed E-state index contributed by atoms with van der Waals surface area (Å²) in [7, 11) is 1.50. The van der Waals surface area contributed by atoms with Crippen LogP contribution < -0.4 is 0 Å². The van der Waals surface area contributed by atoms with Crippen LogP contribution in [0, 0.1) is 11.3 Å². The molecule has 1 fully saturated rings. The highest BCUT2D eigenvalue weighted by Gasteiger charge is 2.65. The first kappa shape index (κ1) is 21.6. The Kier molecular flexibility index (Phi) is 4.63. The second-order valence-electron chi connectivity index (χ2n) is 9.40. The second-order valence-corrected chi connectivity index (χ2v) is 10.5. The summed E-state index contributed by atoms with van der Waals surface area (Å²) in [4.78, 5) is 51.3. The van der Waals surface area contributed by atoms with E-state index in [1.165, 1.54) is 20.3 Å². The molecule has 4 aliphatic rings. The Morgan fingerprint density at radius 1 is 1.28 bits per heavy atom. The van der Waals surface area contributed by atoms with Crippen molar-refractivity contribution in [2.45, 2.75) is 56.1 Å². The molecule has 6 atom stereocenters. The van der Waals surface area contributed by atoms with Crippen molar-refractivity contribution < 1.29 is 37.8 Å². The topological polar surface area (TPSA) is 109 Å². The Bertz CT molecular complexity index is 1120. The van der Waals surface area contributed by atoms with Crippen LogP contribution in [0.5, 0.6) is 0 Å². The van der Waals surface area contributed by atoms with E-state index in [-0.39, 0.29) is 41.8 Å². The predicted octanol–water partition coefficient (Wildman–Crippen LogP) is 2.91. The molecule has 32 heavy (non-hydrogen) atoms. The summed E-state index contributed by atoms with van der Waals surface area (Å²) in [6, 6.07) is 0. The van der Waals surface area contributed by atoms with Gasteiger partial charge in [0.15, 0.2) is 11.5 Å². The van der Waals surface area contributed by atoms with Crippen molar-refractivity contribution in [3.8, 4) is 0 Å². The quantitative estimate of drug-likeness (QED) is 0.454. The van der Waals surface area contributed by atoms with Crippen molar-refractivity contribution in [2.24, 2.45) is 11.3 Å². The summed E-state index contributed by atoms with van der Waals surface area (Å²) in [6.45, 7) is 5.07. The zero-order chi connectivity index (χ0) is 23.2. The van der Waals surface area contributed by atoms with Crippen LogP contribution in [0.2, 0.25) is 0 Å². The van der Waals surface area contributed by atoms with E-state index in [2.05, 4.69) is 15.9 Å². The number of ether oxygens (including phenoxy) is 3. The molecule has 0 unspecified atom stereocenters. The number of allylic oxidation sites excluding steroid dienone is 1. The zero-order valence-electron chi connectivity index (χ0n) is 18.2. The molecule has 0 bridgehead atoms. The van der Waals surface area contributed by atoms with Crippen molar-refractivity contribution in [1.29, 1.82) is 0 Å². The van der Waals surface area contributed by atoms with Crippen LogP contribution in [0.1, 0.15) is 60.1 Å². The number of Topliss-reactive ketones (excluding diaryl/α,β-unsaturated/α-hetero) is 2. The van der Waals surface area contributed by atoms with E-state index in [9.17, 15) is 19.2 Å². The van der Waals surface area contributed by atoms with Gasteiger partial charge in [-0.05, 0) is 18.9 Å². The molecule has 170 valence electrons. The van der Waals surface area contributed by atoms with Crippen molar-refractivity contribution in [1.82, 2.24) is 0 Å². The molecule has 0 aromatic carbocycles. The number of methoxy groups -OCH3 is 1. The summed E-state index contributed by atoms with van der Waals surface area (Å²) in [6.07, 6.45) is 0.349. The Balaban J connectivity index is 1.82. The molecule has 1 saturated carbocycles. The van der Waals surface area contributed by atoms with Gasteiger partial charge in [0.1, 0.15) is 24.0 Å². The maximum absolute atomic E-state index is 13.8. The van der Waals surface area contributed by atoms with E-state index in [0.717, 1.165) is 0 Å². The number of furan rings is 1. The number of halogens is 1. The van der Waals surface area contributed by atoms with Crippen LogP contribution in [0.15, 0.2) is 21.8 Å². The molecule has 3 aliphatic carbocycles. The molecule has 0 radical (unpaired) electrons. The number of carbonyl (C=O) groups is 4. The average molecular weight is 507 g/mol. The minimum absolute atomic E-state index is 0.0152. The fraction of sp³-hybridized carbons (Fsp3) is 0.565. The number of hydrogen-bond acceptors (Lipinski definition) is 8. The lowest BCUT2D eigenvalue weighted by molar-refractivity contribution is -0.149. The fourth-order valence-electron chi connectivity index (χ4n) is 6.27. The lowest BCUT2D eigenvalue weighted by atomic mass is 9.54. The van der Waals surface area contributed by atoms with Crippen molar-refractivity contribution in [2.75, 3.05) is 13.7 Å². The first-order chi connectivity index (χ1) is 15.1. The zero-order valence-corrected chi connectivity index (χ0v) is 19.7. The van der Waals surface area contributed by atoms with E-state index >= 15 is 0 Å². The molecule has 9 heteroatoms. The number of fused-ring (bicyclic) bond motifs is 3. The number of hydrogen-bond donors (Lipinski definition) is 0. The van der Waals surface area contributed by atoms with Gasteiger partial charge in [-0.1, -0.05) is 22.9 Å². The lowest BCUT2D eigenvalue weighted by Crippen LogP contribution is -2.57. The highest BCUT2D eigenvalue weighted by Crippen LogP contribution is 2.61. The van der Waals surface area contributed by atoms with Gasteiger partial charge >= 0.3 is 11.9 Å². The second kappa shape index (κ2) is 6.87. The van der Waals surface area contributed by atoms with Crippen LogP contribution in [-0.2, 0) is 29.2 Å². The van der Waals surface area contributed by atoms with E-state index in [1.54, 1.807) is 0 Å². The molecular formula is C23H23BrO8. The molecule has 0 spiro atoms. The summed E-state index contributed by atoms with van der Waals surface area (Å²) in [5.41, 5.74) is -0.256. The highest BCUT2D eigenvalue weighted by molar-refractivity contribution is 9.10. The van der Waals surface area contributed by atoms with Gasteiger partial charge in [0, 0.05) is 42.9 Å². The van der Waals surface area contributed by atoms with Gasteiger partial charge in [-0.15, -0.1) is 0 Å². The van der Waals surface area contributed by atoms with E-state index in [0.29, 0.717) is 23.1 Å². The SMILES string of the molecule is COC[C@H]1OC(=O)c2coc3c2[C@@]1(C)C1=C(C3=O)[C@@H]2C[C@@H](Br)C(=O)[C@@]2(C)C[C@H]1OC(C)=O. The van der Waals surface area contributed by atoms with Gasteiger partial charge in [0.2, 0.25) is 5.78 Å². The maximum atomic E-state index is 13.8. The number of rotatable bonds is 3. The summed E-state index contributed by atoms with van der Waals surface area (Å²) >= 11 is 3.47. The first-order valence-electron chi connectivity index (χ1n) is 10.5. The number of esters is 2. The third-order valence-corrected chi connectivity index (χ3v) is 8.48. The van der Waals surface area contributed by atoms with E-state index in [1.807, 2.05) is 13.8 Å². The van der Waals surface area contributed by atoms with Gasteiger partial charge in [0.25, 0.3) is 0 Å². The number of ketones is 2. The Morgan fingerprint density at radius 2 is 2.00 bits per heavy atom. The van der Waals surface area contributed by atoms with Crippen molar-refractivity contribution >= 4 is 39.4 Å². The molecule has 1 aliphatic heterocycles. The van der Waals surface area contributed by atoms with Gasteiger partial charge in [-0.3, -0.25) is 14.4 Å². The minimum Gasteiger partial charge on any atom is -0.460 e. The average Bonchev–Trinajstić information content (AvgIpc) is 3.26. The summed E-state index contributed by atoms with van der Waals surface area (Å²) in [5, 5.41) is 0. The molecule has 1 aromatic heterocycles. The monoisotopic (exact) mass is 506 g/mol. The lowest BCUT2D eigenvalue weighted by Gasteiger charge is -2.51. The van der Waals surface area contributed by atoms with Crippen molar-refractivity contribution in [3.63, 3.8) is 0 Å². The van der Waals surface area contributed by atoms with Crippen molar-refractivity contribution in [3.05, 3.63) is 34.3 Å². The number of cyclic esters (lactones) is 1. The van der Waals surface area contributed by atoms with Crippen LogP contribution >= 0.6 is 15.9 Å². The first-order valence-corrected chi connectivity index (χ1v) is 11.4. The van der Waals surface area contributed by atoms with E-state index in [4.69, 9.17) is 18.6 Å². The molecule has 5 rings (SSSR count). The predicted molar refractivity (Wildman–Crippen MR) is 113 cm³/mol. The number of carbonyl (C=O) groups excluding carboxylic acids is 4. The normalized spacial score (nSPS) is 37.6. The van der Waals surface area contributed by atoms with Crippen LogP contribution in [0.3, 0.4) is 0 Å². The fourth-order valence-corrected chi connectivity index (χ4v) is 7.17. The molecule has 8 nitrogen and oxygen atoms in total. The van der Waals surface area contributed by atoms with E-state index < -0.39 is 39.8 Å². The van der Waals surface area contributed by atoms with Crippen LogP contribution in [-0.4, -0.2) is 54.3 Å². The molecule has 0 saturated heterocycles. The maximum Gasteiger partial charge on any atom is 0.342 e. The molecular weight excluding hydrogens is 484 g/mol. The summed E-state index contributed by atoms with van der Waals surface area (Å²) in [5.74, 6) is -1.79. The number of alkyl halides is 1. The van der Waals surface area contributed by atoms with Gasteiger partial charge in [0.05, 0.1) is 16.8 Å². The van der Waals surface area contributed by atoms with Crippen LogP contribution in [0.4, 0.5) is 0 Å².